The Kier molecular flexibility index (Phi) is 7.66. The lowest BCUT2D eigenvalue weighted by Crippen LogP contribution is -2.45. The summed E-state index contributed by atoms with van der Waals surface area (Å²) in [6.45, 7) is 2.35. The molecule has 3 rings (SSSR count). The van der Waals surface area contributed by atoms with Crippen LogP contribution >= 0.6 is 0 Å². The van der Waals surface area contributed by atoms with E-state index >= 15 is 0 Å². The molecule has 3 fully saturated rings. The number of hydrogen-bond donors (Lipinski definition) is 0. The van der Waals surface area contributed by atoms with Crippen LogP contribution in [0.15, 0.2) is 0 Å². The van der Waals surface area contributed by atoms with Crippen LogP contribution in [0, 0.1) is 29.6 Å². The normalized spacial score (nSPS) is 43.1. The van der Waals surface area contributed by atoms with Gasteiger partial charge in [-0.1, -0.05) is 39.0 Å². The summed E-state index contributed by atoms with van der Waals surface area (Å²) in [6, 6.07) is 0. The molecule has 0 heterocycles. The maximum absolute atomic E-state index is 14.1. The van der Waals surface area contributed by atoms with Crippen molar-refractivity contribution in [3.8, 4) is 0 Å². The zero-order valence-corrected chi connectivity index (χ0v) is 16.9. The van der Waals surface area contributed by atoms with Crippen LogP contribution in [0.3, 0.4) is 0 Å². The number of hydrogen-bond acceptors (Lipinski definition) is 1. The van der Waals surface area contributed by atoms with Crippen molar-refractivity contribution in [1.82, 2.24) is 0 Å². The molecule has 0 aromatic carbocycles. The van der Waals surface area contributed by atoms with Gasteiger partial charge in [-0.2, -0.15) is 0 Å². The first-order valence-electron chi connectivity index (χ1n) is 11.2. The zero-order valence-electron chi connectivity index (χ0n) is 16.9. The highest BCUT2D eigenvalue weighted by Crippen LogP contribution is 2.43. The average molecular weight is 411 g/mol. The van der Waals surface area contributed by atoms with Crippen molar-refractivity contribution in [3.63, 3.8) is 0 Å². The summed E-state index contributed by atoms with van der Waals surface area (Å²) < 4.78 is 68.7. The number of alkyl halides is 5. The highest BCUT2D eigenvalue weighted by atomic mass is 19.4. The van der Waals surface area contributed by atoms with Crippen molar-refractivity contribution < 1.29 is 26.7 Å². The number of halogens is 5. The maximum atomic E-state index is 14.1. The maximum Gasteiger partial charge on any atom is 0.522 e. The van der Waals surface area contributed by atoms with Crippen molar-refractivity contribution in [2.24, 2.45) is 29.6 Å². The molecule has 0 saturated heterocycles. The van der Waals surface area contributed by atoms with Gasteiger partial charge >= 0.3 is 6.36 Å². The molecule has 3 aliphatic carbocycles. The van der Waals surface area contributed by atoms with Crippen LogP contribution in [0.25, 0.3) is 0 Å². The summed E-state index contributed by atoms with van der Waals surface area (Å²) in [5.41, 5.74) is 0. The summed E-state index contributed by atoms with van der Waals surface area (Å²) in [7, 11) is 0. The Morgan fingerprint density at radius 2 is 1.18 bits per heavy atom. The van der Waals surface area contributed by atoms with Crippen LogP contribution in [0.5, 0.6) is 0 Å². The predicted molar refractivity (Wildman–Crippen MR) is 99.2 cm³/mol. The van der Waals surface area contributed by atoms with Gasteiger partial charge in [0.05, 0.1) is 0 Å². The first-order valence-corrected chi connectivity index (χ1v) is 11.2. The molecule has 0 bridgehead atoms. The monoisotopic (exact) mass is 410 g/mol. The van der Waals surface area contributed by atoms with E-state index in [1.165, 1.54) is 51.4 Å². The third kappa shape index (κ3) is 6.30. The summed E-state index contributed by atoms with van der Waals surface area (Å²) >= 11 is 0. The van der Waals surface area contributed by atoms with Crippen molar-refractivity contribution in [2.45, 2.75) is 109 Å². The van der Waals surface area contributed by atoms with E-state index in [1.54, 1.807) is 0 Å². The molecule has 0 amide bonds. The molecule has 164 valence electrons. The van der Waals surface area contributed by atoms with E-state index in [-0.39, 0.29) is 18.8 Å². The first-order chi connectivity index (χ1) is 13.2. The van der Waals surface area contributed by atoms with Gasteiger partial charge in [0.1, 0.15) is 18.4 Å². The highest BCUT2D eigenvalue weighted by Gasteiger charge is 2.45. The Balaban J connectivity index is 1.36. The Bertz CT molecular complexity index is 454. The number of rotatable bonds is 5. The standard InChI is InChI=1S/C22H35F5O/c1-14-2-8-17(9-3-14)18-10-6-15(7-11-18)4-5-16-12-19(23)21(20(24)13-16)28-22(25,26)27/h14-21H,2-13H2,1H3. The Morgan fingerprint density at radius 3 is 1.68 bits per heavy atom. The van der Waals surface area contributed by atoms with E-state index in [9.17, 15) is 22.0 Å². The SMILES string of the molecule is CC1CCC(C2CCC(CCC3CC(F)C(OC(F)(F)F)C(F)C3)CC2)CC1. The lowest BCUT2D eigenvalue weighted by Gasteiger charge is -2.38. The molecule has 3 aliphatic rings. The first kappa shape index (κ1) is 22.3. The Labute approximate surface area is 165 Å². The molecule has 0 radical (unpaired) electrons. The average Bonchev–Trinajstić information content (AvgIpc) is 2.63. The fourth-order valence-corrected chi connectivity index (χ4v) is 5.94. The molecule has 28 heavy (non-hydrogen) atoms. The third-order valence-corrected chi connectivity index (χ3v) is 7.70. The van der Waals surface area contributed by atoms with Gasteiger partial charge in [-0.3, -0.25) is 4.74 Å². The topological polar surface area (TPSA) is 9.23 Å². The lowest BCUT2D eigenvalue weighted by molar-refractivity contribution is -0.358. The third-order valence-electron chi connectivity index (χ3n) is 7.70. The molecule has 2 atom stereocenters. The van der Waals surface area contributed by atoms with Crippen molar-refractivity contribution in [3.05, 3.63) is 0 Å². The van der Waals surface area contributed by atoms with Crippen LogP contribution in [0.4, 0.5) is 22.0 Å². The molecule has 0 aliphatic heterocycles. The van der Waals surface area contributed by atoms with Gasteiger partial charge in [-0.25, -0.2) is 8.78 Å². The fourth-order valence-electron chi connectivity index (χ4n) is 5.94. The van der Waals surface area contributed by atoms with Crippen LogP contribution in [-0.2, 0) is 4.74 Å². The van der Waals surface area contributed by atoms with E-state index in [0.29, 0.717) is 5.92 Å². The van der Waals surface area contributed by atoms with Gasteiger partial charge in [-0.15, -0.1) is 13.2 Å². The summed E-state index contributed by atoms with van der Waals surface area (Å²) in [6.07, 6.45) is 1.30. The number of ether oxygens (including phenoxy) is 1. The minimum Gasteiger partial charge on any atom is -0.282 e. The molecule has 0 spiro atoms. The minimum atomic E-state index is -4.98. The lowest BCUT2D eigenvalue weighted by atomic mass is 9.68. The minimum absolute atomic E-state index is 0.0171. The van der Waals surface area contributed by atoms with E-state index in [2.05, 4.69) is 11.7 Å². The quantitative estimate of drug-likeness (QED) is 0.429. The smallest absolute Gasteiger partial charge is 0.282 e. The van der Waals surface area contributed by atoms with E-state index in [4.69, 9.17) is 0 Å². The second kappa shape index (κ2) is 9.61. The van der Waals surface area contributed by atoms with Gasteiger partial charge < -0.3 is 0 Å². The predicted octanol–water partition coefficient (Wildman–Crippen LogP) is 7.39. The molecule has 1 nitrogen and oxygen atoms in total. The molecule has 0 aromatic rings. The molecular formula is C22H35F5O. The largest absolute Gasteiger partial charge is 0.522 e. The van der Waals surface area contributed by atoms with E-state index in [0.717, 1.165) is 30.6 Å². The molecular weight excluding hydrogens is 375 g/mol. The fraction of sp³-hybridized carbons (Fsp3) is 1.00. The van der Waals surface area contributed by atoms with Gasteiger partial charge in [0, 0.05) is 0 Å². The van der Waals surface area contributed by atoms with Crippen molar-refractivity contribution >= 4 is 0 Å². The van der Waals surface area contributed by atoms with Crippen LogP contribution < -0.4 is 0 Å². The Morgan fingerprint density at radius 1 is 0.714 bits per heavy atom. The summed E-state index contributed by atoms with van der Waals surface area (Å²) in [5.74, 6) is 3.06. The molecule has 0 aromatic heterocycles. The molecule has 2 unspecified atom stereocenters. The molecule has 6 heteroatoms. The summed E-state index contributed by atoms with van der Waals surface area (Å²) in [5, 5.41) is 0. The second-order valence-corrected chi connectivity index (χ2v) is 9.78. The van der Waals surface area contributed by atoms with Gasteiger partial charge in [-0.05, 0) is 74.5 Å². The van der Waals surface area contributed by atoms with Crippen LogP contribution in [0.2, 0.25) is 0 Å². The van der Waals surface area contributed by atoms with Crippen molar-refractivity contribution in [1.29, 1.82) is 0 Å². The van der Waals surface area contributed by atoms with Crippen LogP contribution in [-0.4, -0.2) is 24.8 Å². The van der Waals surface area contributed by atoms with Crippen LogP contribution in [0.1, 0.15) is 84.0 Å². The van der Waals surface area contributed by atoms with Crippen molar-refractivity contribution in [2.75, 3.05) is 0 Å². The van der Waals surface area contributed by atoms with Gasteiger partial charge in [0.15, 0.2) is 0 Å². The molecule has 3 saturated carbocycles. The highest BCUT2D eigenvalue weighted by molar-refractivity contribution is 4.89. The van der Waals surface area contributed by atoms with Gasteiger partial charge in [0.2, 0.25) is 0 Å². The Hall–Kier alpha value is -0.390. The van der Waals surface area contributed by atoms with E-state index < -0.39 is 24.8 Å². The van der Waals surface area contributed by atoms with E-state index in [1.807, 2.05) is 0 Å². The molecule has 0 N–H and O–H groups in total. The van der Waals surface area contributed by atoms with Gasteiger partial charge in [0.25, 0.3) is 0 Å². The second-order valence-electron chi connectivity index (χ2n) is 9.78. The summed E-state index contributed by atoms with van der Waals surface area (Å²) in [4.78, 5) is 0. The zero-order chi connectivity index (χ0) is 20.3.